The Morgan fingerprint density at radius 3 is 2.67 bits per heavy atom. The summed E-state index contributed by atoms with van der Waals surface area (Å²) >= 11 is 0. The third kappa shape index (κ3) is 1.45. The zero-order valence-corrected chi connectivity index (χ0v) is 9.89. The topological polar surface area (TPSA) is 66.0 Å². The quantitative estimate of drug-likeness (QED) is 0.869. The summed E-state index contributed by atoms with van der Waals surface area (Å²) in [6.45, 7) is 0. The summed E-state index contributed by atoms with van der Waals surface area (Å²) < 4.78 is 0. The molecular weight excluding hydrogens is 228 g/mol. The van der Waals surface area contributed by atoms with E-state index in [-0.39, 0.29) is 0 Å². The van der Waals surface area contributed by atoms with Crippen LogP contribution in [0.25, 0.3) is 11.4 Å². The van der Waals surface area contributed by atoms with E-state index < -0.39 is 11.4 Å². The molecule has 4 heteroatoms. The number of aromatic nitrogens is 2. The van der Waals surface area contributed by atoms with Gasteiger partial charge in [0.1, 0.15) is 5.82 Å². The molecule has 18 heavy (non-hydrogen) atoms. The number of aromatic amines is 1. The summed E-state index contributed by atoms with van der Waals surface area (Å²) in [6, 6.07) is 7.64. The smallest absolute Gasteiger partial charge is 0.314 e. The number of nitrogens with one attached hydrogen (secondary N) is 1. The van der Waals surface area contributed by atoms with Crippen molar-refractivity contribution in [3.8, 4) is 11.4 Å². The number of rotatable bonds is 3. The number of hydrogen-bond donors (Lipinski definition) is 2. The summed E-state index contributed by atoms with van der Waals surface area (Å²) in [4.78, 5) is 18.9. The number of carbonyl (C=O) groups is 1. The number of nitrogens with zero attached hydrogens (tertiary/aromatic N) is 1. The van der Waals surface area contributed by atoms with Crippen molar-refractivity contribution in [2.24, 2.45) is 0 Å². The molecule has 2 aromatic rings. The third-order valence-corrected chi connectivity index (χ3v) is 3.81. The van der Waals surface area contributed by atoms with Gasteiger partial charge in [0.15, 0.2) is 0 Å². The lowest BCUT2D eigenvalue weighted by Gasteiger charge is -2.39. The van der Waals surface area contributed by atoms with Gasteiger partial charge in [0.25, 0.3) is 0 Å². The molecule has 1 aliphatic rings. The second-order valence-electron chi connectivity index (χ2n) is 4.72. The van der Waals surface area contributed by atoms with Crippen LogP contribution < -0.4 is 0 Å². The van der Waals surface area contributed by atoms with Crippen molar-refractivity contribution in [1.29, 1.82) is 0 Å². The average Bonchev–Trinajstić information content (AvgIpc) is 2.81. The van der Waals surface area contributed by atoms with Gasteiger partial charge in [-0.05, 0) is 18.4 Å². The van der Waals surface area contributed by atoms with Crippen LogP contribution >= 0.6 is 0 Å². The molecule has 0 amide bonds. The van der Waals surface area contributed by atoms with Gasteiger partial charge < -0.3 is 10.1 Å². The van der Waals surface area contributed by atoms with E-state index in [1.807, 2.05) is 24.3 Å². The van der Waals surface area contributed by atoms with E-state index in [1.54, 1.807) is 12.4 Å². The molecule has 0 spiro atoms. The molecule has 4 nitrogen and oxygen atoms in total. The zero-order valence-electron chi connectivity index (χ0n) is 9.89. The summed E-state index contributed by atoms with van der Waals surface area (Å²) in [5.74, 6) is 0.00545. The van der Waals surface area contributed by atoms with Crippen molar-refractivity contribution in [3.63, 3.8) is 0 Å². The van der Waals surface area contributed by atoms with Crippen LogP contribution in [0.2, 0.25) is 0 Å². The lowest BCUT2D eigenvalue weighted by Crippen LogP contribution is -2.42. The van der Waals surface area contributed by atoms with Crippen LogP contribution in [0.4, 0.5) is 0 Å². The second-order valence-corrected chi connectivity index (χ2v) is 4.72. The Balaban J connectivity index is 2.15. The van der Waals surface area contributed by atoms with Gasteiger partial charge >= 0.3 is 5.97 Å². The minimum Gasteiger partial charge on any atom is -0.481 e. The molecule has 92 valence electrons. The standard InChI is InChI=1S/C14H14N2O2/c17-13(18)14(6-3-7-14)11-5-2-1-4-10(11)12-15-8-9-16-12/h1-2,4-5,8-9H,3,6-7H2,(H,15,16)(H,17,18). The Labute approximate surface area is 105 Å². The Hall–Kier alpha value is -2.10. The number of carboxylic acid groups (broad SMARTS) is 1. The van der Waals surface area contributed by atoms with Gasteiger partial charge in [-0.3, -0.25) is 4.79 Å². The lowest BCUT2D eigenvalue weighted by atomic mass is 9.63. The third-order valence-electron chi connectivity index (χ3n) is 3.81. The highest BCUT2D eigenvalue weighted by Crippen LogP contribution is 2.46. The molecule has 1 saturated carbocycles. The van der Waals surface area contributed by atoms with Crippen molar-refractivity contribution in [1.82, 2.24) is 9.97 Å². The predicted octanol–water partition coefficient (Wildman–Crippen LogP) is 2.58. The van der Waals surface area contributed by atoms with Gasteiger partial charge in [-0.1, -0.05) is 30.7 Å². The highest BCUT2D eigenvalue weighted by molar-refractivity contribution is 5.85. The number of imidazole rings is 1. The zero-order chi connectivity index (χ0) is 12.6. The van der Waals surface area contributed by atoms with Crippen LogP contribution in [0.15, 0.2) is 36.7 Å². The highest BCUT2D eigenvalue weighted by Gasteiger charge is 2.47. The van der Waals surface area contributed by atoms with Crippen LogP contribution in [-0.4, -0.2) is 21.0 Å². The Kier molecular flexibility index (Phi) is 2.44. The van der Waals surface area contributed by atoms with Gasteiger partial charge in [0, 0.05) is 18.0 Å². The summed E-state index contributed by atoms with van der Waals surface area (Å²) in [7, 11) is 0. The van der Waals surface area contributed by atoms with E-state index in [2.05, 4.69) is 9.97 Å². The number of hydrogen-bond acceptors (Lipinski definition) is 2. The Morgan fingerprint density at radius 2 is 2.11 bits per heavy atom. The summed E-state index contributed by atoms with van der Waals surface area (Å²) in [5, 5.41) is 9.53. The first-order valence-electron chi connectivity index (χ1n) is 6.07. The van der Waals surface area contributed by atoms with Crippen molar-refractivity contribution in [2.45, 2.75) is 24.7 Å². The maximum absolute atomic E-state index is 11.6. The molecule has 1 heterocycles. The molecular formula is C14H14N2O2. The molecule has 0 aliphatic heterocycles. The van der Waals surface area contributed by atoms with E-state index >= 15 is 0 Å². The van der Waals surface area contributed by atoms with Crippen molar-refractivity contribution < 1.29 is 9.90 Å². The number of carboxylic acids is 1. The first-order chi connectivity index (χ1) is 8.74. The molecule has 0 atom stereocenters. The molecule has 1 fully saturated rings. The molecule has 0 bridgehead atoms. The SMILES string of the molecule is O=C(O)C1(c2ccccc2-c2ncc[nH]2)CCC1. The fraction of sp³-hybridized carbons (Fsp3) is 0.286. The second kappa shape index (κ2) is 3.98. The molecule has 0 radical (unpaired) electrons. The van der Waals surface area contributed by atoms with Gasteiger partial charge in [-0.2, -0.15) is 0 Å². The van der Waals surface area contributed by atoms with E-state index in [9.17, 15) is 9.90 Å². The molecule has 2 N–H and O–H groups in total. The van der Waals surface area contributed by atoms with Gasteiger partial charge in [-0.15, -0.1) is 0 Å². The number of aliphatic carboxylic acids is 1. The molecule has 3 rings (SSSR count). The average molecular weight is 242 g/mol. The fourth-order valence-corrected chi connectivity index (χ4v) is 2.65. The van der Waals surface area contributed by atoms with Crippen LogP contribution in [0, 0.1) is 0 Å². The van der Waals surface area contributed by atoms with Crippen LogP contribution in [0.1, 0.15) is 24.8 Å². The van der Waals surface area contributed by atoms with Gasteiger partial charge in [0.05, 0.1) is 5.41 Å². The van der Waals surface area contributed by atoms with Gasteiger partial charge in [0.2, 0.25) is 0 Å². The van der Waals surface area contributed by atoms with E-state index in [4.69, 9.17) is 0 Å². The largest absolute Gasteiger partial charge is 0.481 e. The number of benzene rings is 1. The fourth-order valence-electron chi connectivity index (χ4n) is 2.65. The summed E-state index contributed by atoms with van der Waals surface area (Å²) in [5.41, 5.74) is 1.05. The first kappa shape index (κ1) is 11.0. The Morgan fingerprint density at radius 1 is 1.33 bits per heavy atom. The van der Waals surface area contributed by atoms with E-state index in [0.717, 1.165) is 23.4 Å². The van der Waals surface area contributed by atoms with Crippen LogP contribution in [-0.2, 0) is 10.2 Å². The normalized spacial score (nSPS) is 17.1. The molecule has 1 aliphatic carbocycles. The van der Waals surface area contributed by atoms with E-state index in [1.165, 1.54) is 0 Å². The maximum Gasteiger partial charge on any atom is 0.314 e. The van der Waals surface area contributed by atoms with Crippen LogP contribution in [0.5, 0.6) is 0 Å². The molecule has 1 aromatic heterocycles. The van der Waals surface area contributed by atoms with Gasteiger partial charge in [-0.25, -0.2) is 4.98 Å². The first-order valence-corrected chi connectivity index (χ1v) is 6.07. The van der Waals surface area contributed by atoms with Crippen molar-refractivity contribution in [2.75, 3.05) is 0 Å². The monoisotopic (exact) mass is 242 g/mol. The van der Waals surface area contributed by atoms with Crippen molar-refractivity contribution in [3.05, 3.63) is 42.2 Å². The Bertz CT molecular complexity index is 571. The molecule has 1 aromatic carbocycles. The molecule has 0 saturated heterocycles. The molecule has 0 unspecified atom stereocenters. The van der Waals surface area contributed by atoms with Crippen molar-refractivity contribution >= 4 is 5.97 Å². The maximum atomic E-state index is 11.6. The predicted molar refractivity (Wildman–Crippen MR) is 67.2 cm³/mol. The highest BCUT2D eigenvalue weighted by atomic mass is 16.4. The number of H-pyrrole nitrogens is 1. The van der Waals surface area contributed by atoms with E-state index in [0.29, 0.717) is 12.8 Å². The minimum atomic E-state index is -0.729. The van der Waals surface area contributed by atoms with Crippen LogP contribution in [0.3, 0.4) is 0 Å². The lowest BCUT2D eigenvalue weighted by molar-refractivity contribution is -0.147. The minimum absolute atomic E-state index is 0.708. The summed E-state index contributed by atoms with van der Waals surface area (Å²) in [6.07, 6.45) is 5.82.